The molecule has 21 heavy (non-hydrogen) atoms. The fraction of sp³-hybridized carbons (Fsp3) is 0.357. The smallest absolute Gasteiger partial charge is 0.240 e. The zero-order valence-electron chi connectivity index (χ0n) is 12.0. The fourth-order valence-electron chi connectivity index (χ4n) is 1.98. The van der Waals surface area contributed by atoms with Gasteiger partial charge in [0.15, 0.2) is 10.6 Å². The third-order valence-corrected chi connectivity index (χ3v) is 3.33. The van der Waals surface area contributed by atoms with E-state index in [4.69, 9.17) is 17.3 Å². The number of aromatic amines is 1. The number of carbonyl (C=O) groups excluding carboxylic acids is 1. The lowest BCUT2D eigenvalue weighted by molar-refractivity contribution is -0.122. The first kappa shape index (κ1) is 15.4. The second kappa shape index (κ2) is 6.64. The van der Waals surface area contributed by atoms with E-state index in [0.29, 0.717) is 10.6 Å². The number of benzene rings is 1. The van der Waals surface area contributed by atoms with Gasteiger partial charge in [-0.05, 0) is 32.1 Å². The first-order chi connectivity index (χ1) is 10.0. The molecule has 1 unspecified atom stereocenters. The van der Waals surface area contributed by atoms with E-state index < -0.39 is 0 Å². The number of hydrogen-bond donors (Lipinski definition) is 3. The summed E-state index contributed by atoms with van der Waals surface area (Å²) < 4.78 is 2.03. The van der Waals surface area contributed by atoms with Crippen molar-refractivity contribution >= 4 is 18.1 Å². The van der Waals surface area contributed by atoms with Gasteiger partial charge in [-0.2, -0.15) is 5.10 Å². The molecule has 0 spiro atoms. The number of H-pyrrole nitrogens is 1. The van der Waals surface area contributed by atoms with E-state index in [1.165, 1.54) is 0 Å². The van der Waals surface area contributed by atoms with Crippen LogP contribution in [0.1, 0.15) is 12.5 Å². The van der Waals surface area contributed by atoms with Crippen LogP contribution in [-0.4, -0.2) is 38.4 Å². The van der Waals surface area contributed by atoms with Gasteiger partial charge < -0.3 is 10.4 Å². The van der Waals surface area contributed by atoms with Gasteiger partial charge in [-0.15, -0.1) is 0 Å². The SMILES string of the molecule is Cc1cccc(-c2n[nH]c(=S)n2CC(=O)NC(C)CO)c1. The summed E-state index contributed by atoms with van der Waals surface area (Å²) in [4.78, 5) is 12.0. The van der Waals surface area contributed by atoms with Crippen LogP contribution in [0.25, 0.3) is 11.4 Å². The number of carbonyl (C=O) groups is 1. The van der Waals surface area contributed by atoms with Crippen LogP contribution in [0.5, 0.6) is 0 Å². The molecule has 112 valence electrons. The van der Waals surface area contributed by atoms with Gasteiger partial charge in [-0.3, -0.25) is 14.5 Å². The predicted octanol–water partition coefficient (Wildman–Crippen LogP) is 1.41. The molecule has 1 atom stereocenters. The number of aliphatic hydroxyl groups excluding tert-OH is 1. The summed E-state index contributed by atoms with van der Waals surface area (Å²) >= 11 is 5.18. The normalized spacial score (nSPS) is 12.1. The molecular weight excluding hydrogens is 288 g/mol. The second-order valence-corrected chi connectivity index (χ2v) is 5.35. The van der Waals surface area contributed by atoms with Gasteiger partial charge in [-0.1, -0.05) is 23.8 Å². The van der Waals surface area contributed by atoms with Crippen molar-refractivity contribution in [2.75, 3.05) is 6.61 Å². The van der Waals surface area contributed by atoms with Gasteiger partial charge in [0.25, 0.3) is 0 Å². The number of aromatic nitrogens is 3. The number of nitrogens with one attached hydrogen (secondary N) is 2. The first-order valence-electron chi connectivity index (χ1n) is 6.63. The molecule has 1 aromatic carbocycles. The Kier molecular flexibility index (Phi) is 4.87. The number of rotatable bonds is 5. The minimum atomic E-state index is -0.291. The third kappa shape index (κ3) is 3.77. The van der Waals surface area contributed by atoms with Gasteiger partial charge in [0.1, 0.15) is 6.54 Å². The van der Waals surface area contributed by atoms with E-state index in [1.54, 1.807) is 11.5 Å². The molecular formula is C14H18N4O2S. The number of amides is 1. The Labute approximate surface area is 127 Å². The molecule has 7 heteroatoms. The minimum absolute atomic E-state index is 0.0585. The van der Waals surface area contributed by atoms with E-state index in [2.05, 4.69) is 15.5 Å². The van der Waals surface area contributed by atoms with E-state index >= 15 is 0 Å². The van der Waals surface area contributed by atoms with E-state index in [0.717, 1.165) is 11.1 Å². The highest BCUT2D eigenvalue weighted by atomic mass is 32.1. The molecule has 1 aromatic heterocycles. The predicted molar refractivity (Wildman–Crippen MR) is 82.3 cm³/mol. The maximum absolute atomic E-state index is 12.0. The Morgan fingerprint density at radius 2 is 2.33 bits per heavy atom. The van der Waals surface area contributed by atoms with Crippen molar-refractivity contribution in [2.24, 2.45) is 0 Å². The van der Waals surface area contributed by atoms with E-state index in [1.807, 2.05) is 31.2 Å². The molecule has 0 saturated carbocycles. The lowest BCUT2D eigenvalue weighted by Crippen LogP contribution is -2.37. The fourth-order valence-corrected chi connectivity index (χ4v) is 2.18. The zero-order chi connectivity index (χ0) is 15.4. The van der Waals surface area contributed by atoms with Crippen LogP contribution in [0, 0.1) is 11.7 Å². The highest BCUT2D eigenvalue weighted by Gasteiger charge is 2.13. The number of nitrogens with zero attached hydrogens (tertiary/aromatic N) is 2. The van der Waals surface area contributed by atoms with Crippen LogP contribution in [-0.2, 0) is 11.3 Å². The molecule has 0 aliphatic rings. The molecule has 1 heterocycles. The molecule has 6 nitrogen and oxygen atoms in total. The quantitative estimate of drug-likeness (QED) is 0.730. The molecule has 3 N–H and O–H groups in total. The van der Waals surface area contributed by atoms with Crippen LogP contribution in [0.15, 0.2) is 24.3 Å². The molecule has 2 aromatic rings. The third-order valence-electron chi connectivity index (χ3n) is 3.02. The molecule has 0 fully saturated rings. The Bertz CT molecular complexity index is 692. The monoisotopic (exact) mass is 306 g/mol. The lowest BCUT2D eigenvalue weighted by Gasteiger charge is -2.12. The average molecular weight is 306 g/mol. The summed E-state index contributed by atoms with van der Waals surface area (Å²) in [6, 6.07) is 7.53. The largest absolute Gasteiger partial charge is 0.394 e. The van der Waals surface area contributed by atoms with Gasteiger partial charge in [0, 0.05) is 11.6 Å². The highest BCUT2D eigenvalue weighted by molar-refractivity contribution is 7.71. The maximum atomic E-state index is 12.0. The first-order valence-corrected chi connectivity index (χ1v) is 7.04. The summed E-state index contributed by atoms with van der Waals surface area (Å²) in [5.74, 6) is 0.401. The zero-order valence-corrected chi connectivity index (χ0v) is 12.8. The topological polar surface area (TPSA) is 82.9 Å². The Hall–Kier alpha value is -1.99. The van der Waals surface area contributed by atoms with Crippen molar-refractivity contribution in [1.29, 1.82) is 0 Å². The van der Waals surface area contributed by atoms with Crippen LogP contribution in [0.3, 0.4) is 0 Å². The van der Waals surface area contributed by atoms with Crippen LogP contribution < -0.4 is 5.32 Å². The minimum Gasteiger partial charge on any atom is -0.394 e. The Morgan fingerprint density at radius 3 is 3.00 bits per heavy atom. The summed E-state index contributed by atoms with van der Waals surface area (Å²) in [5.41, 5.74) is 2.00. The molecule has 0 aliphatic carbocycles. The Morgan fingerprint density at radius 1 is 1.57 bits per heavy atom. The summed E-state index contributed by atoms with van der Waals surface area (Å²) in [6.07, 6.45) is 0. The van der Waals surface area contributed by atoms with Gasteiger partial charge in [0.2, 0.25) is 5.91 Å². The molecule has 1 amide bonds. The summed E-state index contributed by atoms with van der Waals surface area (Å²) in [6.45, 7) is 3.68. The lowest BCUT2D eigenvalue weighted by atomic mass is 10.1. The van der Waals surface area contributed by atoms with E-state index in [-0.39, 0.29) is 25.1 Å². The summed E-state index contributed by atoms with van der Waals surface area (Å²) in [5, 5.41) is 18.6. The van der Waals surface area contributed by atoms with Crippen molar-refractivity contribution in [3.63, 3.8) is 0 Å². The standard InChI is InChI=1S/C14H18N4O2S/c1-9-4-3-5-11(6-9)13-16-17-14(21)18(13)7-12(20)15-10(2)8-19/h3-6,10,19H,7-8H2,1-2H3,(H,15,20)(H,17,21). The van der Waals surface area contributed by atoms with Gasteiger partial charge in [-0.25, -0.2) is 0 Å². The molecule has 2 rings (SSSR count). The molecule has 0 bridgehead atoms. The highest BCUT2D eigenvalue weighted by Crippen LogP contribution is 2.18. The van der Waals surface area contributed by atoms with Crippen LogP contribution in [0.4, 0.5) is 0 Å². The number of hydrogen-bond acceptors (Lipinski definition) is 4. The number of aryl methyl sites for hydroxylation is 1. The average Bonchev–Trinajstić information content (AvgIpc) is 2.80. The van der Waals surface area contributed by atoms with Crippen molar-refractivity contribution in [1.82, 2.24) is 20.1 Å². The Balaban J connectivity index is 2.27. The molecule has 0 saturated heterocycles. The molecule has 0 radical (unpaired) electrons. The van der Waals surface area contributed by atoms with Crippen molar-refractivity contribution in [3.8, 4) is 11.4 Å². The van der Waals surface area contributed by atoms with Crippen molar-refractivity contribution in [3.05, 3.63) is 34.6 Å². The van der Waals surface area contributed by atoms with Gasteiger partial charge >= 0.3 is 0 Å². The van der Waals surface area contributed by atoms with Crippen molar-refractivity contribution in [2.45, 2.75) is 26.4 Å². The maximum Gasteiger partial charge on any atom is 0.240 e. The van der Waals surface area contributed by atoms with Gasteiger partial charge in [0.05, 0.1) is 6.61 Å². The van der Waals surface area contributed by atoms with Crippen molar-refractivity contribution < 1.29 is 9.90 Å². The van der Waals surface area contributed by atoms with Crippen LogP contribution >= 0.6 is 12.2 Å². The number of aliphatic hydroxyl groups is 1. The van der Waals surface area contributed by atoms with Crippen LogP contribution in [0.2, 0.25) is 0 Å². The summed E-state index contributed by atoms with van der Waals surface area (Å²) in [7, 11) is 0. The second-order valence-electron chi connectivity index (χ2n) is 4.96. The van der Waals surface area contributed by atoms with E-state index in [9.17, 15) is 4.79 Å². The molecule has 0 aliphatic heterocycles.